The molecule has 0 amide bonds. The zero-order chi connectivity index (χ0) is 20.0. The molecule has 1 aromatic heterocycles. The average Bonchev–Trinajstić information content (AvgIpc) is 2.72. The molecule has 0 saturated heterocycles. The van der Waals surface area contributed by atoms with Gasteiger partial charge in [0.25, 0.3) is 0 Å². The van der Waals surface area contributed by atoms with E-state index in [0.717, 1.165) is 37.1 Å². The lowest BCUT2D eigenvalue weighted by Gasteiger charge is -2.13. The molecular weight excluding hydrogens is 348 g/mol. The van der Waals surface area contributed by atoms with Crippen molar-refractivity contribution in [3.8, 4) is 17.1 Å². The summed E-state index contributed by atoms with van der Waals surface area (Å²) in [4.78, 5) is 9.03. The first-order valence-electron chi connectivity index (χ1n) is 11.0. The van der Waals surface area contributed by atoms with E-state index >= 15 is 0 Å². The molecule has 154 valence electrons. The predicted octanol–water partition coefficient (Wildman–Crippen LogP) is 6.32. The molecule has 1 heterocycles. The lowest BCUT2D eigenvalue weighted by atomic mass is 10.1. The van der Waals surface area contributed by atoms with Gasteiger partial charge in [0.05, 0.1) is 0 Å². The summed E-state index contributed by atoms with van der Waals surface area (Å²) in [7, 11) is 0. The number of aliphatic hydroxyl groups is 1. The van der Waals surface area contributed by atoms with Crippen LogP contribution in [0.4, 0.5) is 0 Å². The first-order chi connectivity index (χ1) is 13.7. The fraction of sp³-hybridized carbons (Fsp3) is 0.583. The van der Waals surface area contributed by atoms with Gasteiger partial charge in [0.1, 0.15) is 5.75 Å². The van der Waals surface area contributed by atoms with Gasteiger partial charge in [0.2, 0.25) is 0 Å². The lowest BCUT2D eigenvalue weighted by molar-refractivity contribution is -0.0245. The molecule has 2 rings (SSSR count). The molecule has 4 nitrogen and oxygen atoms in total. The first kappa shape index (κ1) is 22.4. The molecule has 1 atom stereocenters. The highest BCUT2D eigenvalue weighted by molar-refractivity contribution is 5.55. The van der Waals surface area contributed by atoms with Crippen molar-refractivity contribution in [2.75, 3.05) is 0 Å². The summed E-state index contributed by atoms with van der Waals surface area (Å²) in [5, 5.41) is 9.93. The normalized spacial score (nSPS) is 12.1. The summed E-state index contributed by atoms with van der Waals surface area (Å²) in [6, 6.07) is 7.62. The third-order valence-corrected chi connectivity index (χ3v) is 4.96. The highest BCUT2D eigenvalue weighted by atomic mass is 16.6. The van der Waals surface area contributed by atoms with Crippen LogP contribution >= 0.6 is 0 Å². The van der Waals surface area contributed by atoms with E-state index in [9.17, 15) is 5.11 Å². The Balaban J connectivity index is 1.78. The van der Waals surface area contributed by atoms with Crippen LogP contribution in [0, 0.1) is 0 Å². The van der Waals surface area contributed by atoms with Crippen LogP contribution < -0.4 is 4.74 Å². The van der Waals surface area contributed by atoms with Gasteiger partial charge in [-0.1, -0.05) is 58.8 Å². The number of ether oxygens (including phenoxy) is 1. The molecule has 0 radical (unpaired) electrons. The summed E-state index contributed by atoms with van der Waals surface area (Å²) in [5.74, 6) is 1.40. The SMILES string of the molecule is CCCCCCCCc1cnc(-c2ccc(OC(O)CCCCC)cc2)nc1. The van der Waals surface area contributed by atoms with Gasteiger partial charge in [-0.3, -0.25) is 0 Å². The number of hydrogen-bond acceptors (Lipinski definition) is 4. The number of hydrogen-bond donors (Lipinski definition) is 1. The lowest BCUT2D eigenvalue weighted by Crippen LogP contribution is -2.15. The minimum Gasteiger partial charge on any atom is -0.465 e. The van der Waals surface area contributed by atoms with Crippen LogP contribution in [0.1, 0.15) is 83.6 Å². The Bertz CT molecular complexity index is 641. The van der Waals surface area contributed by atoms with E-state index in [0.29, 0.717) is 12.2 Å². The van der Waals surface area contributed by atoms with Gasteiger partial charge in [0, 0.05) is 24.4 Å². The Hall–Kier alpha value is -1.94. The van der Waals surface area contributed by atoms with Gasteiger partial charge in [-0.05, 0) is 49.1 Å². The number of aryl methyl sites for hydroxylation is 1. The molecule has 0 aliphatic heterocycles. The molecule has 0 bridgehead atoms. The zero-order valence-corrected chi connectivity index (χ0v) is 17.6. The van der Waals surface area contributed by atoms with E-state index in [1.807, 2.05) is 36.7 Å². The summed E-state index contributed by atoms with van der Waals surface area (Å²) in [6.45, 7) is 4.40. The smallest absolute Gasteiger partial charge is 0.197 e. The van der Waals surface area contributed by atoms with Crippen LogP contribution in [0.15, 0.2) is 36.7 Å². The summed E-state index contributed by atoms with van der Waals surface area (Å²) in [6.07, 6.45) is 15.9. The molecule has 1 unspecified atom stereocenters. The highest BCUT2D eigenvalue weighted by Crippen LogP contribution is 2.21. The molecule has 0 fully saturated rings. The Morgan fingerprint density at radius 1 is 0.821 bits per heavy atom. The van der Waals surface area contributed by atoms with E-state index in [1.54, 1.807) is 0 Å². The minimum atomic E-state index is -0.741. The van der Waals surface area contributed by atoms with Gasteiger partial charge in [-0.2, -0.15) is 0 Å². The number of rotatable bonds is 14. The minimum absolute atomic E-state index is 0.665. The maximum Gasteiger partial charge on any atom is 0.197 e. The van der Waals surface area contributed by atoms with Gasteiger partial charge < -0.3 is 9.84 Å². The number of benzene rings is 1. The fourth-order valence-electron chi connectivity index (χ4n) is 3.21. The molecule has 1 N–H and O–H groups in total. The topological polar surface area (TPSA) is 55.2 Å². The van der Waals surface area contributed by atoms with Crippen molar-refractivity contribution >= 4 is 0 Å². The molecule has 0 aliphatic carbocycles. The van der Waals surface area contributed by atoms with Gasteiger partial charge >= 0.3 is 0 Å². The molecule has 1 aromatic carbocycles. The number of aliphatic hydroxyl groups excluding tert-OH is 1. The Labute approximate surface area is 170 Å². The van der Waals surface area contributed by atoms with Crippen LogP contribution in [-0.4, -0.2) is 21.4 Å². The van der Waals surface area contributed by atoms with Gasteiger partial charge in [0.15, 0.2) is 12.1 Å². The van der Waals surface area contributed by atoms with Crippen LogP contribution in [0.2, 0.25) is 0 Å². The van der Waals surface area contributed by atoms with Gasteiger partial charge in [-0.25, -0.2) is 9.97 Å². The monoisotopic (exact) mass is 384 g/mol. The predicted molar refractivity (Wildman–Crippen MR) is 115 cm³/mol. The van der Waals surface area contributed by atoms with Crippen molar-refractivity contribution in [2.45, 2.75) is 90.8 Å². The van der Waals surface area contributed by atoms with E-state index in [-0.39, 0.29) is 0 Å². The standard InChI is InChI=1S/C24H36N2O2/c1-3-5-7-8-9-11-12-20-18-25-24(26-19-20)21-14-16-22(17-15-21)28-23(27)13-10-6-4-2/h14-19,23,27H,3-13H2,1-2H3. The van der Waals surface area contributed by atoms with E-state index < -0.39 is 6.29 Å². The summed E-state index contributed by atoms with van der Waals surface area (Å²) < 4.78 is 5.56. The Kier molecular flexibility index (Phi) is 10.6. The maximum absolute atomic E-state index is 9.93. The van der Waals surface area contributed by atoms with Crippen molar-refractivity contribution in [3.05, 3.63) is 42.2 Å². The highest BCUT2D eigenvalue weighted by Gasteiger charge is 2.07. The van der Waals surface area contributed by atoms with Crippen LogP contribution in [-0.2, 0) is 6.42 Å². The fourth-order valence-corrected chi connectivity index (χ4v) is 3.21. The second-order valence-electron chi connectivity index (χ2n) is 7.53. The molecule has 28 heavy (non-hydrogen) atoms. The molecule has 4 heteroatoms. The Morgan fingerprint density at radius 3 is 2.11 bits per heavy atom. The molecular formula is C24H36N2O2. The van der Waals surface area contributed by atoms with Crippen molar-refractivity contribution in [1.29, 1.82) is 0 Å². The van der Waals surface area contributed by atoms with Crippen LogP contribution in [0.25, 0.3) is 11.4 Å². The maximum atomic E-state index is 9.93. The van der Waals surface area contributed by atoms with Crippen LogP contribution in [0.5, 0.6) is 5.75 Å². The van der Waals surface area contributed by atoms with Crippen molar-refractivity contribution < 1.29 is 9.84 Å². The number of aromatic nitrogens is 2. The number of unbranched alkanes of at least 4 members (excludes halogenated alkanes) is 7. The van der Waals surface area contributed by atoms with E-state index in [4.69, 9.17) is 4.74 Å². The first-order valence-corrected chi connectivity index (χ1v) is 11.0. The molecule has 2 aromatic rings. The second kappa shape index (κ2) is 13.3. The molecule has 0 saturated carbocycles. The van der Waals surface area contributed by atoms with Crippen molar-refractivity contribution in [1.82, 2.24) is 9.97 Å². The van der Waals surface area contributed by atoms with Crippen LogP contribution in [0.3, 0.4) is 0 Å². The second-order valence-corrected chi connectivity index (χ2v) is 7.53. The van der Waals surface area contributed by atoms with E-state index in [2.05, 4.69) is 23.8 Å². The summed E-state index contributed by atoms with van der Waals surface area (Å²) in [5.41, 5.74) is 2.16. The van der Waals surface area contributed by atoms with Gasteiger partial charge in [-0.15, -0.1) is 0 Å². The quantitative estimate of drug-likeness (QED) is 0.306. The average molecular weight is 385 g/mol. The van der Waals surface area contributed by atoms with Crippen molar-refractivity contribution in [3.63, 3.8) is 0 Å². The zero-order valence-electron chi connectivity index (χ0n) is 17.6. The largest absolute Gasteiger partial charge is 0.465 e. The molecule has 0 spiro atoms. The van der Waals surface area contributed by atoms with Crippen molar-refractivity contribution in [2.24, 2.45) is 0 Å². The molecule has 0 aliphatic rings. The third kappa shape index (κ3) is 8.39. The van der Waals surface area contributed by atoms with E-state index in [1.165, 1.54) is 44.1 Å². The number of nitrogens with zero attached hydrogens (tertiary/aromatic N) is 2. The Morgan fingerprint density at radius 2 is 1.43 bits per heavy atom. The summed E-state index contributed by atoms with van der Waals surface area (Å²) >= 11 is 0. The third-order valence-electron chi connectivity index (χ3n) is 4.96.